The van der Waals surface area contributed by atoms with E-state index in [1.165, 1.54) is 0 Å². The molecule has 5 rings (SSSR count). The number of pyridine rings is 1. The maximum atomic E-state index is 14.0. The third-order valence-corrected chi connectivity index (χ3v) is 10.8. The van der Waals surface area contributed by atoms with Crippen LogP contribution in [0, 0.1) is 21.7 Å². The molecule has 0 saturated carbocycles. The van der Waals surface area contributed by atoms with Crippen molar-refractivity contribution in [3.63, 3.8) is 0 Å². The van der Waals surface area contributed by atoms with Crippen LogP contribution in [0.2, 0.25) is 20.1 Å². The summed E-state index contributed by atoms with van der Waals surface area (Å²) in [7, 11) is 0. The van der Waals surface area contributed by atoms with E-state index in [-0.39, 0.29) is 22.9 Å². The van der Waals surface area contributed by atoms with E-state index in [1.807, 2.05) is 126 Å². The zero-order chi connectivity index (χ0) is 43.1. The Hall–Kier alpha value is -4.27. The van der Waals surface area contributed by atoms with Crippen molar-refractivity contribution in [2.75, 3.05) is 0 Å². The number of allylic oxidation sites excluding steroid dienone is 10. The predicted molar refractivity (Wildman–Crippen MR) is 240 cm³/mol. The van der Waals surface area contributed by atoms with Crippen LogP contribution in [0.4, 0.5) is 11.4 Å². The van der Waals surface area contributed by atoms with Gasteiger partial charge in [-0.15, -0.1) is 20.5 Å². The number of hydrogen-bond donors (Lipinski definition) is 0. The minimum absolute atomic E-state index is 0.0312. The second kappa shape index (κ2) is 16.8. The van der Waals surface area contributed by atoms with E-state index in [9.17, 15) is 9.59 Å². The summed E-state index contributed by atoms with van der Waals surface area (Å²) in [5.41, 5.74) is 3.85. The zero-order valence-corrected chi connectivity index (χ0v) is 38.1. The summed E-state index contributed by atoms with van der Waals surface area (Å²) in [5, 5.41) is 20.0. The lowest BCUT2D eigenvalue weighted by Gasteiger charge is -2.31. The summed E-state index contributed by atoms with van der Waals surface area (Å²) in [6, 6.07) is 15.7. The molecule has 1 aromatic heterocycles. The molecule has 0 spiro atoms. The number of carbonyl (C=O) groups excluding carboxylic acids is 2. The van der Waals surface area contributed by atoms with E-state index >= 15 is 0 Å². The second-order valence-electron chi connectivity index (χ2n) is 18.4. The summed E-state index contributed by atoms with van der Waals surface area (Å²) in [6.45, 7) is 24.1. The zero-order valence-electron chi connectivity index (χ0n) is 35.1. The molecule has 0 fully saturated rings. The molecule has 0 bridgehead atoms. The van der Waals surface area contributed by atoms with Gasteiger partial charge < -0.3 is 0 Å². The maximum absolute atomic E-state index is 14.0. The van der Waals surface area contributed by atoms with Crippen molar-refractivity contribution in [3.8, 4) is 0 Å². The largest absolute Gasteiger partial charge is 0.289 e. The quantitative estimate of drug-likeness (QED) is 0.231. The highest BCUT2D eigenvalue weighted by Crippen LogP contribution is 2.44. The maximum Gasteiger partial charge on any atom is 0.186 e. The van der Waals surface area contributed by atoms with Gasteiger partial charge in [0.2, 0.25) is 0 Å². The van der Waals surface area contributed by atoms with Crippen LogP contribution in [-0.2, 0) is 9.59 Å². The molecule has 302 valence electrons. The molecule has 0 saturated heterocycles. The molecule has 2 aliphatic carbocycles. The van der Waals surface area contributed by atoms with E-state index in [2.05, 4.69) is 10.2 Å². The number of nitrogens with zero attached hydrogens (tertiary/aromatic N) is 5. The molecule has 0 aliphatic heterocycles. The number of hydrogen-bond acceptors (Lipinski definition) is 7. The van der Waals surface area contributed by atoms with Crippen LogP contribution >= 0.6 is 46.4 Å². The molecule has 0 unspecified atom stereocenters. The highest BCUT2D eigenvalue weighted by Gasteiger charge is 2.36. The van der Waals surface area contributed by atoms with Crippen molar-refractivity contribution in [1.82, 2.24) is 4.98 Å². The Kier molecular flexibility index (Phi) is 13.0. The summed E-state index contributed by atoms with van der Waals surface area (Å²) >= 11 is 26.3. The van der Waals surface area contributed by atoms with E-state index in [0.717, 1.165) is 0 Å². The molecular weight excluding hydrogens is 808 g/mol. The van der Waals surface area contributed by atoms with E-state index in [1.54, 1.807) is 36.4 Å². The highest BCUT2D eigenvalue weighted by molar-refractivity contribution is 6.39. The number of aromatic nitrogens is 1. The number of halogens is 4. The van der Waals surface area contributed by atoms with Gasteiger partial charge in [-0.1, -0.05) is 148 Å². The molecule has 58 heavy (non-hydrogen) atoms. The van der Waals surface area contributed by atoms with Crippen LogP contribution in [0.15, 0.2) is 133 Å². The van der Waals surface area contributed by atoms with Crippen molar-refractivity contribution in [2.24, 2.45) is 42.1 Å². The molecular formula is C47H49Cl4N5O2. The van der Waals surface area contributed by atoms with Crippen LogP contribution in [0.25, 0.3) is 11.4 Å². The van der Waals surface area contributed by atoms with Crippen LogP contribution in [-0.4, -0.2) is 16.6 Å². The Balaban J connectivity index is 1.90. The van der Waals surface area contributed by atoms with Gasteiger partial charge in [-0.3, -0.25) is 9.59 Å². The van der Waals surface area contributed by atoms with E-state index in [4.69, 9.17) is 61.6 Å². The molecule has 2 aliphatic rings. The Labute approximate surface area is 362 Å². The first kappa shape index (κ1) is 44.8. The van der Waals surface area contributed by atoms with Crippen LogP contribution < -0.4 is 0 Å². The molecule has 0 N–H and O–H groups in total. The molecule has 0 amide bonds. The standard InChI is InChI=1S/C47H49Cl4N5O2/c1-44(2,3)28-22-26(23-29(42(28)57)45(4,5)6)38(53-55-40-32(48)16-13-17-33(40)49)36-20-15-21-37(52-36)39(54-56-41-34(50)18-14-19-35(41)51)27-24-30(46(7,8)9)43(58)31(25-27)47(10,11)12/h13-25H,1-12H3/b55-53+,56-54+. The minimum atomic E-state index is -0.499. The fraction of sp³-hybridized carbons (Fsp3) is 0.340. The van der Waals surface area contributed by atoms with Gasteiger partial charge in [-0.2, -0.15) is 0 Å². The van der Waals surface area contributed by atoms with Crippen molar-refractivity contribution >= 4 is 80.7 Å². The highest BCUT2D eigenvalue weighted by atomic mass is 35.5. The first-order valence-electron chi connectivity index (χ1n) is 18.9. The first-order valence-corrected chi connectivity index (χ1v) is 20.5. The van der Waals surface area contributed by atoms with Gasteiger partial charge in [0.15, 0.2) is 11.6 Å². The number of benzene rings is 2. The number of Topliss-reactive ketones (excluding diaryl/α,β-unsaturated/α-hetero) is 2. The smallest absolute Gasteiger partial charge is 0.186 e. The molecule has 2 aromatic carbocycles. The van der Waals surface area contributed by atoms with Crippen molar-refractivity contribution in [3.05, 3.63) is 144 Å². The Morgan fingerprint density at radius 3 is 0.966 bits per heavy atom. The second-order valence-corrected chi connectivity index (χ2v) is 20.1. The normalized spacial score (nSPS) is 15.9. The summed E-state index contributed by atoms with van der Waals surface area (Å²) in [5.74, 6) is -0.0624. The molecule has 0 atom stereocenters. The summed E-state index contributed by atoms with van der Waals surface area (Å²) < 4.78 is 0. The van der Waals surface area contributed by atoms with Crippen LogP contribution in [0.3, 0.4) is 0 Å². The SMILES string of the molecule is CC(C)(C)C1=CC(=C(/N=N/c2c(Cl)cccc2Cl)c2cccc(C(/N=N/c3c(Cl)cccc3Cl)=C3C=C(C(C)(C)C)C(=O)C(C(C)(C)C)=C3)n2)C=C(C(C)(C)C)C1=O. The summed E-state index contributed by atoms with van der Waals surface area (Å²) in [6.07, 6.45) is 7.43. The molecule has 1 heterocycles. The number of ketones is 2. The summed E-state index contributed by atoms with van der Waals surface area (Å²) in [4.78, 5) is 33.2. The molecule has 7 nitrogen and oxygen atoms in total. The van der Waals surface area contributed by atoms with Crippen molar-refractivity contribution in [2.45, 2.75) is 83.1 Å². The average Bonchev–Trinajstić information content (AvgIpc) is 3.09. The molecule has 11 heteroatoms. The van der Waals surface area contributed by atoms with Gasteiger partial charge in [-0.05, 0) is 82.4 Å². The Bertz CT molecular complexity index is 2170. The van der Waals surface area contributed by atoms with Gasteiger partial charge in [0.05, 0.1) is 31.5 Å². The van der Waals surface area contributed by atoms with Gasteiger partial charge in [0, 0.05) is 33.4 Å². The number of carbonyl (C=O) groups is 2. The molecule has 3 aromatic rings. The lowest BCUT2D eigenvalue weighted by atomic mass is 9.71. The number of rotatable bonds is 6. The fourth-order valence-electron chi connectivity index (χ4n) is 6.34. The lowest BCUT2D eigenvalue weighted by Crippen LogP contribution is -2.28. The van der Waals surface area contributed by atoms with E-state index < -0.39 is 21.7 Å². The van der Waals surface area contributed by atoms with Crippen molar-refractivity contribution < 1.29 is 9.59 Å². The average molecular weight is 858 g/mol. The predicted octanol–water partition coefficient (Wildman–Crippen LogP) is 15.7. The van der Waals surface area contributed by atoms with Gasteiger partial charge >= 0.3 is 0 Å². The van der Waals surface area contributed by atoms with Gasteiger partial charge in [-0.25, -0.2) is 4.98 Å². The third-order valence-electron chi connectivity index (χ3n) is 9.57. The monoisotopic (exact) mass is 855 g/mol. The van der Waals surface area contributed by atoms with Crippen molar-refractivity contribution in [1.29, 1.82) is 0 Å². The minimum Gasteiger partial charge on any atom is -0.289 e. The number of azo groups is 2. The van der Waals surface area contributed by atoms with Crippen LogP contribution in [0.5, 0.6) is 0 Å². The van der Waals surface area contributed by atoms with Crippen LogP contribution in [0.1, 0.15) is 94.5 Å². The Morgan fingerprint density at radius 1 is 0.448 bits per heavy atom. The Morgan fingerprint density at radius 2 is 0.707 bits per heavy atom. The first-order chi connectivity index (χ1) is 26.8. The topological polar surface area (TPSA) is 96.5 Å². The third kappa shape index (κ3) is 9.94. The van der Waals surface area contributed by atoms with E-state index in [0.29, 0.717) is 76.3 Å². The molecule has 0 radical (unpaired) electrons. The van der Waals surface area contributed by atoms with Gasteiger partial charge in [0.1, 0.15) is 22.8 Å². The fourth-order valence-corrected chi connectivity index (χ4v) is 7.29. The van der Waals surface area contributed by atoms with Gasteiger partial charge in [0.25, 0.3) is 0 Å². The lowest BCUT2D eigenvalue weighted by molar-refractivity contribution is -0.114.